The molecule has 0 bridgehead atoms. The van der Waals surface area contributed by atoms with Crippen molar-refractivity contribution < 1.29 is 35.9 Å². The number of amides is 1. The number of nitrogens with zero attached hydrogens (tertiary/aromatic N) is 4. The molecule has 0 unspecified atom stereocenters. The van der Waals surface area contributed by atoms with Crippen molar-refractivity contribution in [1.29, 1.82) is 0 Å². The third kappa shape index (κ3) is 4.02. The standard InChI is InChI=1S/C24H19F6N5O2/c1-34-20-15-8-14(17(25)9-18(15)33-21(31)16(20)10-32-34)22(36)35-6-7-37-11-19(35)12-2-4-13(5-3-12)23(26,27)24(28,29)30/h2-5,8-10,19H,6-7,11H2,1H3,(H2,31,33)/t19-/m1/s1. The van der Waals surface area contributed by atoms with Gasteiger partial charge in [0.25, 0.3) is 5.91 Å². The summed E-state index contributed by atoms with van der Waals surface area (Å²) in [5.74, 6) is -6.44. The van der Waals surface area contributed by atoms with Gasteiger partial charge in [0.1, 0.15) is 11.6 Å². The first-order valence-electron chi connectivity index (χ1n) is 11.0. The average Bonchev–Trinajstić information content (AvgIpc) is 3.25. The van der Waals surface area contributed by atoms with Gasteiger partial charge in [-0.05, 0) is 11.6 Å². The highest BCUT2D eigenvalue weighted by atomic mass is 19.4. The second kappa shape index (κ2) is 8.61. The van der Waals surface area contributed by atoms with E-state index in [4.69, 9.17) is 10.5 Å². The van der Waals surface area contributed by atoms with Crippen LogP contribution in [-0.2, 0) is 17.7 Å². The molecule has 37 heavy (non-hydrogen) atoms. The summed E-state index contributed by atoms with van der Waals surface area (Å²) >= 11 is 0. The Labute approximate surface area is 205 Å². The van der Waals surface area contributed by atoms with Crippen molar-refractivity contribution in [2.75, 3.05) is 25.5 Å². The van der Waals surface area contributed by atoms with E-state index in [9.17, 15) is 26.7 Å². The van der Waals surface area contributed by atoms with Gasteiger partial charge in [-0.1, -0.05) is 24.3 Å². The zero-order valence-electron chi connectivity index (χ0n) is 19.2. The largest absolute Gasteiger partial charge is 0.458 e. The summed E-state index contributed by atoms with van der Waals surface area (Å²) < 4.78 is 87.7. The Morgan fingerprint density at radius 3 is 2.49 bits per heavy atom. The third-order valence-corrected chi connectivity index (χ3v) is 6.43. The number of pyridine rings is 1. The van der Waals surface area contributed by atoms with Crippen LogP contribution in [-0.4, -0.2) is 51.5 Å². The summed E-state index contributed by atoms with van der Waals surface area (Å²) in [6, 6.07) is 5.08. The normalized spacial score (nSPS) is 17.1. The van der Waals surface area contributed by atoms with Gasteiger partial charge in [0, 0.05) is 30.6 Å². The zero-order valence-corrected chi connectivity index (χ0v) is 19.2. The van der Waals surface area contributed by atoms with E-state index >= 15 is 4.39 Å². The van der Waals surface area contributed by atoms with Crippen LogP contribution in [0.15, 0.2) is 42.6 Å². The number of aryl methyl sites for hydroxylation is 1. The molecule has 1 saturated heterocycles. The Morgan fingerprint density at radius 1 is 1.11 bits per heavy atom. The van der Waals surface area contributed by atoms with Gasteiger partial charge >= 0.3 is 12.1 Å². The number of aromatic nitrogens is 3. The number of ether oxygens (including phenoxy) is 1. The molecule has 2 aromatic carbocycles. The number of fused-ring (bicyclic) bond motifs is 3. The van der Waals surface area contributed by atoms with Gasteiger partial charge in [-0.15, -0.1) is 0 Å². The predicted octanol–water partition coefficient (Wildman–Crippen LogP) is 4.71. The smallest absolute Gasteiger partial charge is 0.383 e. The number of benzene rings is 2. The second-order valence-electron chi connectivity index (χ2n) is 8.66. The highest BCUT2D eigenvalue weighted by Gasteiger charge is 2.58. The van der Waals surface area contributed by atoms with Gasteiger partial charge < -0.3 is 15.4 Å². The van der Waals surface area contributed by atoms with Crippen molar-refractivity contribution in [3.05, 3.63) is 65.1 Å². The topological polar surface area (TPSA) is 86.3 Å². The lowest BCUT2D eigenvalue weighted by Gasteiger charge is -2.36. The Hall–Kier alpha value is -3.87. The molecule has 0 saturated carbocycles. The first-order valence-corrected chi connectivity index (χ1v) is 11.0. The van der Waals surface area contributed by atoms with Crippen molar-refractivity contribution in [2.24, 2.45) is 7.05 Å². The SMILES string of the molecule is Cn1ncc2c(N)nc3cc(F)c(C(=O)N4CCOC[C@@H]4c4ccc(C(F)(F)C(F)(F)F)cc4)cc3c21. The Morgan fingerprint density at radius 2 is 1.81 bits per heavy atom. The Balaban J connectivity index is 1.53. The summed E-state index contributed by atoms with van der Waals surface area (Å²) in [4.78, 5) is 19.0. The summed E-state index contributed by atoms with van der Waals surface area (Å²) in [7, 11) is 1.66. The fourth-order valence-corrected chi connectivity index (χ4v) is 4.50. The van der Waals surface area contributed by atoms with Crippen LogP contribution in [0, 0.1) is 5.82 Å². The van der Waals surface area contributed by atoms with Gasteiger partial charge in [-0.2, -0.15) is 27.1 Å². The molecule has 1 amide bonds. The van der Waals surface area contributed by atoms with Crippen LogP contribution >= 0.6 is 0 Å². The number of rotatable bonds is 3. The number of halogens is 6. The fraction of sp³-hybridized carbons (Fsp3) is 0.292. The number of morpholine rings is 1. The van der Waals surface area contributed by atoms with Crippen molar-refractivity contribution in [3.8, 4) is 0 Å². The van der Waals surface area contributed by atoms with Crippen LogP contribution < -0.4 is 5.73 Å². The molecule has 0 spiro atoms. The highest BCUT2D eigenvalue weighted by Crippen LogP contribution is 2.44. The first kappa shape index (κ1) is 24.8. The number of nitrogens with two attached hydrogens (primary N) is 1. The molecular weight excluding hydrogens is 504 g/mol. The number of nitrogen functional groups attached to an aromatic ring is 1. The summed E-state index contributed by atoms with van der Waals surface area (Å²) in [5, 5.41) is 5.12. The van der Waals surface area contributed by atoms with E-state index in [0.717, 1.165) is 18.2 Å². The minimum absolute atomic E-state index is 0.0442. The fourth-order valence-electron chi connectivity index (χ4n) is 4.50. The van der Waals surface area contributed by atoms with E-state index in [2.05, 4.69) is 10.1 Å². The average molecular weight is 523 g/mol. The second-order valence-corrected chi connectivity index (χ2v) is 8.66. The maximum atomic E-state index is 15.1. The number of hydrogen-bond acceptors (Lipinski definition) is 5. The summed E-state index contributed by atoms with van der Waals surface area (Å²) in [5.41, 5.74) is 5.50. The molecule has 7 nitrogen and oxygen atoms in total. The molecule has 1 aliphatic heterocycles. The number of alkyl halides is 5. The molecular formula is C24H19F6N5O2. The van der Waals surface area contributed by atoms with E-state index in [1.807, 2.05) is 0 Å². The lowest BCUT2D eigenvalue weighted by atomic mass is 9.99. The molecule has 3 heterocycles. The van der Waals surface area contributed by atoms with Gasteiger partial charge in [0.05, 0.1) is 47.4 Å². The molecule has 2 aromatic heterocycles. The lowest BCUT2D eigenvalue weighted by molar-refractivity contribution is -0.289. The lowest BCUT2D eigenvalue weighted by Crippen LogP contribution is -2.43. The molecule has 4 aromatic rings. The molecule has 1 atom stereocenters. The Bertz CT molecular complexity index is 1520. The molecule has 13 heteroatoms. The van der Waals surface area contributed by atoms with Gasteiger partial charge in [-0.3, -0.25) is 9.48 Å². The van der Waals surface area contributed by atoms with Crippen LogP contribution in [0.25, 0.3) is 21.8 Å². The summed E-state index contributed by atoms with van der Waals surface area (Å²) in [6.07, 6.45) is -4.25. The van der Waals surface area contributed by atoms with E-state index in [1.54, 1.807) is 7.05 Å². The number of anilines is 1. The summed E-state index contributed by atoms with van der Waals surface area (Å²) in [6.45, 7) is 0.119. The van der Waals surface area contributed by atoms with Crippen molar-refractivity contribution in [1.82, 2.24) is 19.7 Å². The predicted molar refractivity (Wildman–Crippen MR) is 121 cm³/mol. The van der Waals surface area contributed by atoms with Gasteiger partial charge in [-0.25, -0.2) is 9.37 Å². The molecule has 0 radical (unpaired) electrons. The van der Waals surface area contributed by atoms with E-state index in [0.29, 0.717) is 28.4 Å². The van der Waals surface area contributed by atoms with Crippen LogP contribution in [0.2, 0.25) is 0 Å². The number of carbonyl (C=O) groups is 1. The van der Waals surface area contributed by atoms with Crippen LogP contribution in [0.5, 0.6) is 0 Å². The van der Waals surface area contributed by atoms with Crippen LogP contribution in [0.3, 0.4) is 0 Å². The maximum absolute atomic E-state index is 15.1. The highest BCUT2D eigenvalue weighted by molar-refractivity contribution is 6.10. The number of hydrogen-bond donors (Lipinski definition) is 1. The van der Waals surface area contributed by atoms with Gasteiger partial charge in [0.2, 0.25) is 0 Å². The van der Waals surface area contributed by atoms with E-state index in [-0.39, 0.29) is 42.2 Å². The molecule has 194 valence electrons. The molecule has 2 N–H and O–H groups in total. The minimum atomic E-state index is -5.75. The van der Waals surface area contributed by atoms with Crippen LogP contribution in [0.1, 0.15) is 27.5 Å². The first-order chi connectivity index (χ1) is 17.4. The maximum Gasteiger partial charge on any atom is 0.458 e. The quantitative estimate of drug-likeness (QED) is 0.393. The van der Waals surface area contributed by atoms with Crippen molar-refractivity contribution >= 4 is 33.5 Å². The van der Waals surface area contributed by atoms with E-state index in [1.165, 1.54) is 21.8 Å². The van der Waals surface area contributed by atoms with E-state index < -0.39 is 35.4 Å². The third-order valence-electron chi connectivity index (χ3n) is 6.43. The van der Waals surface area contributed by atoms with Crippen LogP contribution in [0.4, 0.5) is 32.2 Å². The van der Waals surface area contributed by atoms with Crippen molar-refractivity contribution in [2.45, 2.75) is 18.1 Å². The molecule has 1 fully saturated rings. The molecule has 0 aliphatic carbocycles. The minimum Gasteiger partial charge on any atom is -0.383 e. The molecule has 5 rings (SSSR count). The number of carbonyl (C=O) groups excluding carboxylic acids is 1. The van der Waals surface area contributed by atoms with Gasteiger partial charge in [0.15, 0.2) is 0 Å². The zero-order chi connectivity index (χ0) is 26.7. The Kier molecular flexibility index (Phi) is 5.77. The molecule has 1 aliphatic rings. The monoisotopic (exact) mass is 523 g/mol. The van der Waals surface area contributed by atoms with Crippen molar-refractivity contribution in [3.63, 3.8) is 0 Å².